The van der Waals surface area contributed by atoms with Crippen LogP contribution in [0.5, 0.6) is 11.5 Å². The Bertz CT molecular complexity index is 1080. The molecule has 2 aromatic rings. The highest BCUT2D eigenvalue weighted by Crippen LogP contribution is 2.31. The number of alkyl halides is 2. The Balaban J connectivity index is 1.57. The number of carbonyl (C=O) groups excluding carboxylic acids is 2. The molecule has 0 N–H and O–H groups in total. The summed E-state index contributed by atoms with van der Waals surface area (Å²) < 4.78 is 39.9. The Kier molecular flexibility index (Phi) is 5.66. The zero-order valence-electron chi connectivity index (χ0n) is 16.5. The summed E-state index contributed by atoms with van der Waals surface area (Å²) in [4.78, 5) is 30.0. The first kappa shape index (κ1) is 20.5. The van der Waals surface area contributed by atoms with Crippen molar-refractivity contribution < 1.29 is 32.6 Å². The summed E-state index contributed by atoms with van der Waals surface area (Å²) in [6, 6.07) is 11.3. The fourth-order valence-electron chi connectivity index (χ4n) is 3.37. The van der Waals surface area contributed by atoms with Crippen molar-refractivity contribution in [3.63, 3.8) is 0 Å². The van der Waals surface area contributed by atoms with Crippen molar-refractivity contribution in [2.75, 3.05) is 18.6 Å². The summed E-state index contributed by atoms with van der Waals surface area (Å²) >= 11 is 0. The van der Waals surface area contributed by atoms with E-state index in [1.165, 1.54) is 25.3 Å². The van der Waals surface area contributed by atoms with Gasteiger partial charge in [-0.2, -0.15) is 8.78 Å². The van der Waals surface area contributed by atoms with E-state index in [0.717, 1.165) is 12.1 Å². The third kappa shape index (κ3) is 4.40. The smallest absolute Gasteiger partial charge is 0.387 e. The molecule has 0 aliphatic carbocycles. The molecule has 1 amide bonds. The Labute approximate surface area is 176 Å². The summed E-state index contributed by atoms with van der Waals surface area (Å²) in [5, 5.41) is 0. The van der Waals surface area contributed by atoms with Crippen LogP contribution in [0.25, 0.3) is 6.08 Å². The third-order valence-corrected chi connectivity index (χ3v) is 4.83. The molecule has 0 saturated carbocycles. The Morgan fingerprint density at radius 2 is 1.90 bits per heavy atom. The lowest BCUT2D eigenvalue weighted by molar-refractivity contribution is -0.130. The largest absolute Gasteiger partial charge is 0.493 e. The molecule has 160 valence electrons. The standard InChI is InChI=1S/C22H18F2N2O5/c1-29-17-9-4-13(12-18(17)30-22(23)24)11-16-21(28)31-20(25-16)14-5-7-15(8-6-14)26-10-2-3-19(26)27/h4-9,11-12,22H,2-3,10H2,1H3/b16-11+. The molecule has 1 fully saturated rings. The van der Waals surface area contributed by atoms with Gasteiger partial charge in [0.15, 0.2) is 17.2 Å². The summed E-state index contributed by atoms with van der Waals surface area (Å²) in [6.45, 7) is -2.34. The fourth-order valence-corrected chi connectivity index (χ4v) is 3.37. The zero-order chi connectivity index (χ0) is 22.0. The molecule has 2 aliphatic rings. The number of benzene rings is 2. The van der Waals surface area contributed by atoms with Gasteiger partial charge in [0.05, 0.1) is 7.11 Å². The van der Waals surface area contributed by atoms with Gasteiger partial charge in [0.2, 0.25) is 11.8 Å². The first-order valence-electron chi connectivity index (χ1n) is 9.51. The van der Waals surface area contributed by atoms with Crippen LogP contribution in [0.15, 0.2) is 53.2 Å². The fraction of sp³-hybridized carbons (Fsp3) is 0.227. The summed E-state index contributed by atoms with van der Waals surface area (Å²) in [5.74, 6) is -0.488. The van der Waals surface area contributed by atoms with Gasteiger partial charge >= 0.3 is 12.6 Å². The first-order valence-corrected chi connectivity index (χ1v) is 9.51. The summed E-state index contributed by atoms with van der Waals surface area (Å²) in [6.07, 6.45) is 2.77. The number of ether oxygens (including phenoxy) is 3. The number of hydrogen-bond acceptors (Lipinski definition) is 6. The quantitative estimate of drug-likeness (QED) is 0.517. The Morgan fingerprint density at radius 1 is 1.13 bits per heavy atom. The van der Waals surface area contributed by atoms with Crippen molar-refractivity contribution in [3.8, 4) is 11.5 Å². The van der Waals surface area contributed by atoms with Gasteiger partial charge in [-0.3, -0.25) is 4.79 Å². The number of methoxy groups -OCH3 is 1. The molecule has 0 bridgehead atoms. The topological polar surface area (TPSA) is 77.4 Å². The second kappa shape index (κ2) is 8.55. The molecule has 0 atom stereocenters. The van der Waals surface area contributed by atoms with E-state index in [1.807, 2.05) is 0 Å². The van der Waals surface area contributed by atoms with Gasteiger partial charge in [-0.15, -0.1) is 0 Å². The van der Waals surface area contributed by atoms with E-state index >= 15 is 0 Å². The molecule has 7 nitrogen and oxygen atoms in total. The molecule has 2 aromatic carbocycles. The van der Waals surface area contributed by atoms with Gasteiger partial charge in [-0.05, 0) is 54.5 Å². The highest BCUT2D eigenvalue weighted by molar-refractivity contribution is 6.13. The number of anilines is 1. The highest BCUT2D eigenvalue weighted by atomic mass is 19.3. The molecule has 1 saturated heterocycles. The van der Waals surface area contributed by atoms with E-state index in [-0.39, 0.29) is 29.0 Å². The number of esters is 1. The van der Waals surface area contributed by atoms with Gasteiger partial charge in [-0.25, -0.2) is 9.79 Å². The van der Waals surface area contributed by atoms with Crippen molar-refractivity contribution in [2.24, 2.45) is 4.99 Å². The molecule has 0 radical (unpaired) electrons. The zero-order valence-corrected chi connectivity index (χ0v) is 16.5. The van der Waals surface area contributed by atoms with E-state index in [9.17, 15) is 18.4 Å². The number of amides is 1. The van der Waals surface area contributed by atoms with Crippen LogP contribution in [-0.4, -0.2) is 38.0 Å². The maximum Gasteiger partial charge on any atom is 0.387 e. The average molecular weight is 428 g/mol. The highest BCUT2D eigenvalue weighted by Gasteiger charge is 2.26. The molecule has 2 heterocycles. The molecule has 0 unspecified atom stereocenters. The van der Waals surface area contributed by atoms with E-state index in [4.69, 9.17) is 9.47 Å². The van der Waals surface area contributed by atoms with Crippen LogP contribution in [0.3, 0.4) is 0 Å². The Hall–Kier alpha value is -3.75. The maximum absolute atomic E-state index is 12.6. The van der Waals surface area contributed by atoms with Gasteiger partial charge in [0.1, 0.15) is 0 Å². The van der Waals surface area contributed by atoms with Crippen LogP contribution in [-0.2, 0) is 14.3 Å². The van der Waals surface area contributed by atoms with Crippen molar-refractivity contribution >= 4 is 29.5 Å². The van der Waals surface area contributed by atoms with Crippen LogP contribution in [0.1, 0.15) is 24.0 Å². The average Bonchev–Trinajstić information content (AvgIpc) is 3.33. The van der Waals surface area contributed by atoms with Crippen LogP contribution in [0.2, 0.25) is 0 Å². The van der Waals surface area contributed by atoms with Crippen molar-refractivity contribution in [3.05, 3.63) is 59.3 Å². The lowest BCUT2D eigenvalue weighted by Crippen LogP contribution is -2.23. The molecule has 0 spiro atoms. The molecule has 4 rings (SSSR count). The predicted octanol–water partition coefficient (Wildman–Crippen LogP) is 3.77. The number of carbonyl (C=O) groups is 2. The molecular weight excluding hydrogens is 410 g/mol. The summed E-state index contributed by atoms with van der Waals surface area (Å²) in [5.41, 5.74) is 1.78. The number of nitrogens with zero attached hydrogens (tertiary/aromatic N) is 2. The van der Waals surface area contributed by atoms with Gasteiger partial charge < -0.3 is 19.1 Å². The van der Waals surface area contributed by atoms with Gasteiger partial charge in [0.25, 0.3) is 0 Å². The van der Waals surface area contributed by atoms with E-state index in [0.29, 0.717) is 24.1 Å². The molecule has 2 aliphatic heterocycles. The lowest BCUT2D eigenvalue weighted by Gasteiger charge is -2.15. The molecule has 9 heteroatoms. The molecular formula is C22H18F2N2O5. The second-order valence-electron chi connectivity index (χ2n) is 6.82. The predicted molar refractivity (Wildman–Crippen MR) is 108 cm³/mol. The van der Waals surface area contributed by atoms with E-state index in [2.05, 4.69) is 9.73 Å². The normalized spacial score (nSPS) is 17.4. The van der Waals surface area contributed by atoms with Crippen molar-refractivity contribution in [2.45, 2.75) is 19.5 Å². The maximum atomic E-state index is 12.6. The first-order chi connectivity index (χ1) is 14.9. The number of cyclic esters (lactones) is 1. The minimum Gasteiger partial charge on any atom is -0.493 e. The third-order valence-electron chi connectivity index (χ3n) is 4.83. The number of hydrogen-bond donors (Lipinski definition) is 0. The number of halogens is 2. The molecule has 0 aromatic heterocycles. The molecule has 31 heavy (non-hydrogen) atoms. The lowest BCUT2D eigenvalue weighted by atomic mass is 10.1. The second-order valence-corrected chi connectivity index (χ2v) is 6.82. The van der Waals surface area contributed by atoms with Gasteiger partial charge in [0, 0.05) is 24.2 Å². The minimum absolute atomic E-state index is 0.0157. The van der Waals surface area contributed by atoms with Crippen molar-refractivity contribution in [1.82, 2.24) is 0 Å². The summed E-state index contributed by atoms with van der Waals surface area (Å²) in [7, 11) is 1.33. The number of aliphatic imine (C=N–C) groups is 1. The van der Waals surface area contributed by atoms with Crippen LogP contribution in [0.4, 0.5) is 14.5 Å². The SMILES string of the molecule is COc1ccc(/C=C2/N=C(c3ccc(N4CCCC4=O)cc3)OC2=O)cc1OC(F)F. The van der Waals surface area contributed by atoms with Crippen LogP contribution < -0.4 is 14.4 Å². The van der Waals surface area contributed by atoms with Crippen LogP contribution in [0, 0.1) is 0 Å². The monoisotopic (exact) mass is 428 g/mol. The van der Waals surface area contributed by atoms with Gasteiger partial charge in [-0.1, -0.05) is 6.07 Å². The van der Waals surface area contributed by atoms with Crippen molar-refractivity contribution in [1.29, 1.82) is 0 Å². The number of rotatable bonds is 6. The van der Waals surface area contributed by atoms with Crippen LogP contribution >= 0.6 is 0 Å². The van der Waals surface area contributed by atoms with E-state index < -0.39 is 12.6 Å². The van der Waals surface area contributed by atoms with E-state index in [1.54, 1.807) is 35.2 Å². The minimum atomic E-state index is -3.02. The Morgan fingerprint density at radius 3 is 2.55 bits per heavy atom.